The lowest BCUT2D eigenvalue weighted by atomic mass is 9.88. The Morgan fingerprint density at radius 3 is 2.68 bits per heavy atom. The van der Waals surface area contributed by atoms with Gasteiger partial charge in [0.2, 0.25) is 5.91 Å². The highest BCUT2D eigenvalue weighted by atomic mass is 16.2. The molecule has 0 unspecified atom stereocenters. The van der Waals surface area contributed by atoms with Gasteiger partial charge in [0, 0.05) is 19.2 Å². The van der Waals surface area contributed by atoms with E-state index >= 15 is 0 Å². The van der Waals surface area contributed by atoms with Gasteiger partial charge in [-0.3, -0.25) is 9.48 Å². The van der Waals surface area contributed by atoms with Gasteiger partial charge in [0.1, 0.15) is 0 Å². The van der Waals surface area contributed by atoms with Gasteiger partial charge in [-0.05, 0) is 23.1 Å². The second kappa shape index (κ2) is 6.89. The molecular formula is C20H20N4O. The SMILES string of the molecule is O=C(CCn1ccnn1)N1CCc2ccccc2[C@H]1c1ccccc1. The predicted molar refractivity (Wildman–Crippen MR) is 94.8 cm³/mol. The van der Waals surface area contributed by atoms with Crippen molar-refractivity contribution in [2.24, 2.45) is 0 Å². The molecule has 126 valence electrons. The number of hydrogen-bond donors (Lipinski definition) is 0. The summed E-state index contributed by atoms with van der Waals surface area (Å²) in [4.78, 5) is 15.0. The molecule has 0 N–H and O–H groups in total. The van der Waals surface area contributed by atoms with Crippen LogP contribution in [0.5, 0.6) is 0 Å². The van der Waals surface area contributed by atoms with Gasteiger partial charge in [-0.15, -0.1) is 5.10 Å². The molecule has 0 bridgehead atoms. The van der Waals surface area contributed by atoms with E-state index in [0.29, 0.717) is 13.0 Å². The third kappa shape index (κ3) is 3.18. The molecule has 1 amide bonds. The van der Waals surface area contributed by atoms with Gasteiger partial charge in [0.25, 0.3) is 0 Å². The molecule has 0 fully saturated rings. The quantitative estimate of drug-likeness (QED) is 0.738. The Kier molecular flexibility index (Phi) is 4.29. The van der Waals surface area contributed by atoms with Gasteiger partial charge in [0.05, 0.1) is 18.8 Å². The first-order valence-corrected chi connectivity index (χ1v) is 8.59. The van der Waals surface area contributed by atoms with Crippen LogP contribution in [0.15, 0.2) is 67.0 Å². The van der Waals surface area contributed by atoms with Gasteiger partial charge in [-0.25, -0.2) is 0 Å². The largest absolute Gasteiger partial charge is 0.331 e. The molecule has 3 aromatic rings. The van der Waals surface area contributed by atoms with Crippen LogP contribution in [0.4, 0.5) is 0 Å². The van der Waals surface area contributed by atoms with Crippen molar-refractivity contribution in [2.75, 3.05) is 6.54 Å². The van der Waals surface area contributed by atoms with Crippen LogP contribution in [0.3, 0.4) is 0 Å². The summed E-state index contributed by atoms with van der Waals surface area (Å²) in [5.74, 6) is 0.152. The fourth-order valence-electron chi connectivity index (χ4n) is 3.54. The summed E-state index contributed by atoms with van der Waals surface area (Å²) < 4.78 is 1.70. The lowest BCUT2D eigenvalue weighted by Gasteiger charge is -2.38. The fourth-order valence-corrected chi connectivity index (χ4v) is 3.54. The number of aromatic nitrogens is 3. The highest BCUT2D eigenvalue weighted by Gasteiger charge is 2.31. The van der Waals surface area contributed by atoms with Crippen molar-refractivity contribution in [2.45, 2.75) is 25.4 Å². The minimum absolute atomic E-state index is 0.0191. The third-order valence-electron chi connectivity index (χ3n) is 4.75. The number of hydrogen-bond acceptors (Lipinski definition) is 3. The summed E-state index contributed by atoms with van der Waals surface area (Å²) in [6, 6.07) is 18.7. The number of amides is 1. The Balaban J connectivity index is 1.63. The van der Waals surface area contributed by atoms with E-state index in [4.69, 9.17) is 0 Å². The summed E-state index contributed by atoms with van der Waals surface area (Å²) in [6.07, 6.45) is 4.74. The minimum Gasteiger partial charge on any atom is -0.331 e. The van der Waals surface area contributed by atoms with Gasteiger partial charge in [-0.2, -0.15) is 0 Å². The standard InChI is InChI=1S/C20H20N4O/c25-19(11-13-23-15-12-21-22-23)24-14-10-16-6-4-5-9-18(16)20(24)17-7-2-1-3-8-17/h1-9,12,15,20H,10-11,13-14H2/t20-/m1/s1. The van der Waals surface area contributed by atoms with Crippen molar-refractivity contribution in [1.29, 1.82) is 0 Å². The highest BCUT2D eigenvalue weighted by Crippen LogP contribution is 2.35. The number of nitrogens with zero attached hydrogens (tertiary/aromatic N) is 4. The van der Waals surface area contributed by atoms with Crippen LogP contribution in [-0.4, -0.2) is 32.3 Å². The monoisotopic (exact) mass is 332 g/mol. The van der Waals surface area contributed by atoms with E-state index in [1.165, 1.54) is 11.1 Å². The predicted octanol–water partition coefficient (Wildman–Crippen LogP) is 2.84. The molecule has 4 rings (SSSR count). The highest BCUT2D eigenvalue weighted by molar-refractivity contribution is 5.77. The summed E-state index contributed by atoms with van der Waals surface area (Å²) in [6.45, 7) is 1.30. The average molecular weight is 332 g/mol. The lowest BCUT2D eigenvalue weighted by molar-refractivity contribution is -0.133. The first kappa shape index (κ1) is 15.6. The molecular weight excluding hydrogens is 312 g/mol. The second-order valence-electron chi connectivity index (χ2n) is 6.27. The summed E-state index contributed by atoms with van der Waals surface area (Å²) in [5, 5.41) is 7.74. The molecule has 5 heteroatoms. The van der Waals surface area contributed by atoms with Crippen molar-refractivity contribution in [3.63, 3.8) is 0 Å². The van der Waals surface area contributed by atoms with Crippen LogP contribution in [0.1, 0.15) is 29.2 Å². The molecule has 0 saturated heterocycles. The number of fused-ring (bicyclic) bond motifs is 1. The zero-order valence-electron chi connectivity index (χ0n) is 14.0. The first-order valence-electron chi connectivity index (χ1n) is 8.59. The lowest BCUT2D eigenvalue weighted by Crippen LogP contribution is -2.40. The maximum Gasteiger partial charge on any atom is 0.225 e. The first-order chi connectivity index (χ1) is 12.3. The molecule has 0 saturated carbocycles. The Hall–Kier alpha value is -2.95. The molecule has 2 aromatic carbocycles. The van der Waals surface area contributed by atoms with Crippen LogP contribution in [0, 0.1) is 0 Å². The van der Waals surface area contributed by atoms with E-state index < -0.39 is 0 Å². The topological polar surface area (TPSA) is 51.0 Å². The summed E-state index contributed by atoms with van der Waals surface area (Å²) >= 11 is 0. The average Bonchev–Trinajstić information content (AvgIpc) is 3.19. The molecule has 0 aliphatic carbocycles. The van der Waals surface area contributed by atoms with Crippen molar-refractivity contribution < 1.29 is 4.79 Å². The van der Waals surface area contributed by atoms with Crippen molar-refractivity contribution in [1.82, 2.24) is 19.9 Å². The zero-order chi connectivity index (χ0) is 17.1. The van der Waals surface area contributed by atoms with Gasteiger partial charge in [0.15, 0.2) is 0 Å². The molecule has 2 heterocycles. The molecule has 0 radical (unpaired) electrons. The van der Waals surface area contributed by atoms with Gasteiger partial charge >= 0.3 is 0 Å². The smallest absolute Gasteiger partial charge is 0.225 e. The van der Waals surface area contributed by atoms with E-state index in [-0.39, 0.29) is 11.9 Å². The Labute approximate surface area is 146 Å². The Morgan fingerprint density at radius 1 is 1.08 bits per heavy atom. The number of carbonyl (C=O) groups is 1. The molecule has 1 atom stereocenters. The maximum absolute atomic E-state index is 13.0. The number of carbonyl (C=O) groups excluding carboxylic acids is 1. The van der Waals surface area contributed by atoms with Crippen LogP contribution in [0.25, 0.3) is 0 Å². The van der Waals surface area contributed by atoms with Crippen LogP contribution in [-0.2, 0) is 17.8 Å². The van der Waals surface area contributed by atoms with Crippen LogP contribution in [0.2, 0.25) is 0 Å². The van der Waals surface area contributed by atoms with Crippen molar-refractivity contribution in [3.05, 3.63) is 83.7 Å². The molecule has 1 aliphatic rings. The summed E-state index contributed by atoms with van der Waals surface area (Å²) in [5.41, 5.74) is 3.72. The molecule has 1 aliphatic heterocycles. The van der Waals surface area contributed by atoms with Crippen LogP contribution < -0.4 is 0 Å². The van der Waals surface area contributed by atoms with E-state index in [9.17, 15) is 4.79 Å². The third-order valence-corrected chi connectivity index (χ3v) is 4.75. The molecule has 0 spiro atoms. The zero-order valence-corrected chi connectivity index (χ0v) is 14.0. The molecule has 1 aromatic heterocycles. The summed E-state index contributed by atoms with van der Waals surface area (Å²) in [7, 11) is 0. The van der Waals surface area contributed by atoms with E-state index in [1.807, 2.05) is 23.1 Å². The van der Waals surface area contributed by atoms with E-state index in [2.05, 4.69) is 46.7 Å². The molecule has 5 nitrogen and oxygen atoms in total. The normalized spacial score (nSPS) is 16.5. The fraction of sp³-hybridized carbons (Fsp3) is 0.250. The van der Waals surface area contributed by atoms with E-state index in [0.717, 1.165) is 18.5 Å². The van der Waals surface area contributed by atoms with Crippen LogP contribution >= 0.6 is 0 Å². The molecule has 25 heavy (non-hydrogen) atoms. The number of benzene rings is 2. The Morgan fingerprint density at radius 2 is 1.88 bits per heavy atom. The van der Waals surface area contributed by atoms with Gasteiger partial charge in [-0.1, -0.05) is 59.8 Å². The van der Waals surface area contributed by atoms with E-state index in [1.54, 1.807) is 17.1 Å². The number of aryl methyl sites for hydroxylation is 1. The maximum atomic E-state index is 13.0. The number of rotatable bonds is 4. The van der Waals surface area contributed by atoms with Crippen molar-refractivity contribution in [3.8, 4) is 0 Å². The van der Waals surface area contributed by atoms with Crippen molar-refractivity contribution >= 4 is 5.91 Å². The minimum atomic E-state index is -0.0191. The second-order valence-corrected chi connectivity index (χ2v) is 6.27. The Bertz CT molecular complexity index is 845. The van der Waals surface area contributed by atoms with Gasteiger partial charge < -0.3 is 4.90 Å².